The Bertz CT molecular complexity index is 1360. The molecule has 6 N–H and O–H groups in total. The zero-order chi connectivity index (χ0) is 28.7. The van der Waals surface area contributed by atoms with E-state index in [0.29, 0.717) is 53.3 Å². The van der Waals surface area contributed by atoms with Crippen molar-refractivity contribution in [2.75, 3.05) is 46.9 Å². The monoisotopic (exact) mass is 613 g/mol. The topological polar surface area (TPSA) is 155 Å². The summed E-state index contributed by atoms with van der Waals surface area (Å²) in [5.74, 6) is -0.243. The van der Waals surface area contributed by atoms with Crippen molar-refractivity contribution in [3.8, 4) is 0 Å². The van der Waals surface area contributed by atoms with E-state index in [1.54, 1.807) is 65.4 Å². The molecular weight excluding hydrogens is 581 g/mol. The van der Waals surface area contributed by atoms with E-state index in [4.69, 9.17) is 34.3 Å². The summed E-state index contributed by atoms with van der Waals surface area (Å²) in [5.41, 5.74) is 8.12. The van der Waals surface area contributed by atoms with Gasteiger partial charge in [-0.1, -0.05) is 0 Å². The van der Waals surface area contributed by atoms with E-state index in [0.717, 1.165) is 5.69 Å². The highest BCUT2D eigenvalue weighted by atomic mass is 35.5. The number of amidine groups is 1. The van der Waals surface area contributed by atoms with Gasteiger partial charge in [0.15, 0.2) is 0 Å². The molecule has 0 aliphatic carbocycles. The van der Waals surface area contributed by atoms with Crippen LogP contribution in [0.4, 0.5) is 17.1 Å². The van der Waals surface area contributed by atoms with Crippen molar-refractivity contribution in [3.05, 3.63) is 53.9 Å². The third-order valence-electron chi connectivity index (χ3n) is 5.97. The highest BCUT2D eigenvalue weighted by Crippen LogP contribution is 2.21. The molecule has 0 spiro atoms. The lowest BCUT2D eigenvalue weighted by Gasteiger charge is -2.20. The smallest absolute Gasteiger partial charge is 0.272 e. The molecular formula is C25H34Cl3N9O3. The van der Waals surface area contributed by atoms with E-state index >= 15 is 0 Å². The minimum Gasteiger partial charge on any atom is -0.388 e. The Kier molecular flexibility index (Phi) is 12.0. The summed E-state index contributed by atoms with van der Waals surface area (Å²) in [5, 5.41) is 15.5. The maximum Gasteiger partial charge on any atom is 0.272 e. The van der Waals surface area contributed by atoms with E-state index in [1.807, 2.05) is 11.1 Å². The normalized spacial score (nSPS) is 10.5. The zero-order valence-electron chi connectivity index (χ0n) is 22.5. The second kappa shape index (κ2) is 14.7. The number of hydrogen-bond acceptors (Lipinski definition) is 5. The molecule has 0 aliphatic heterocycles. The van der Waals surface area contributed by atoms with Crippen LogP contribution < -0.4 is 26.6 Å². The van der Waals surface area contributed by atoms with Crippen LogP contribution in [0.15, 0.2) is 36.8 Å². The second-order valence-corrected chi connectivity index (χ2v) is 9.70. The Hall–Kier alpha value is -3.61. The summed E-state index contributed by atoms with van der Waals surface area (Å²) in [7, 11) is 5.16. The van der Waals surface area contributed by atoms with Crippen molar-refractivity contribution in [1.29, 1.82) is 5.41 Å². The Balaban J connectivity index is 0.00000560. The minimum absolute atomic E-state index is 0. The molecule has 3 aromatic heterocycles. The SMILES string of the molecule is Cl.Cn1cc(NC(=O)c2cc(NC(=O)c3cc(N(CCCl)CCCl)cn3C)cn2C)cc1C(=O)NCCC(=N)N. The summed E-state index contributed by atoms with van der Waals surface area (Å²) in [6.07, 6.45) is 5.35. The number of nitrogens with zero attached hydrogens (tertiary/aromatic N) is 4. The fourth-order valence-corrected chi connectivity index (χ4v) is 4.44. The van der Waals surface area contributed by atoms with Crippen LogP contribution in [-0.4, -0.2) is 68.7 Å². The van der Waals surface area contributed by atoms with Gasteiger partial charge in [-0.05, 0) is 18.2 Å². The minimum atomic E-state index is -0.411. The average molecular weight is 615 g/mol. The standard InChI is InChI=1S/C25H33Cl2N9O3.ClH/c1-33-13-16(10-19(33)23(37)30-7-4-22(28)29)31-24(38)20-11-17(14-34(20)2)32-25(39)21-12-18(15-35(21)3)36(8-5-26)9-6-27;/h10-15H,4-9H2,1-3H3,(H3,28,29)(H,30,37)(H,31,38)(H,32,39);1H. The van der Waals surface area contributed by atoms with Crippen LogP contribution in [0.1, 0.15) is 37.9 Å². The van der Waals surface area contributed by atoms with E-state index < -0.39 is 5.91 Å². The number of rotatable bonds is 13. The zero-order valence-corrected chi connectivity index (χ0v) is 24.8. The first-order valence-electron chi connectivity index (χ1n) is 12.1. The number of aryl methyl sites for hydroxylation is 3. The number of amides is 3. The van der Waals surface area contributed by atoms with Crippen LogP contribution in [-0.2, 0) is 21.1 Å². The van der Waals surface area contributed by atoms with Gasteiger partial charge >= 0.3 is 0 Å². The largest absolute Gasteiger partial charge is 0.388 e. The van der Waals surface area contributed by atoms with E-state index in [9.17, 15) is 14.4 Å². The third kappa shape index (κ3) is 8.20. The number of halogens is 3. The maximum atomic E-state index is 13.0. The molecule has 3 heterocycles. The van der Waals surface area contributed by atoms with E-state index in [1.165, 1.54) is 0 Å². The molecule has 218 valence electrons. The van der Waals surface area contributed by atoms with Gasteiger partial charge in [0.1, 0.15) is 17.1 Å². The molecule has 0 saturated heterocycles. The second-order valence-electron chi connectivity index (χ2n) is 8.95. The fourth-order valence-electron chi connectivity index (χ4n) is 4.03. The van der Waals surface area contributed by atoms with Crippen LogP contribution in [0.2, 0.25) is 0 Å². The van der Waals surface area contributed by atoms with Crippen LogP contribution >= 0.6 is 35.6 Å². The number of nitrogens with two attached hydrogens (primary N) is 1. The number of carbonyl (C=O) groups excluding carboxylic acids is 3. The van der Waals surface area contributed by atoms with Crippen molar-refractivity contribution in [2.24, 2.45) is 26.9 Å². The van der Waals surface area contributed by atoms with Gasteiger partial charge in [-0.25, -0.2) is 0 Å². The summed E-state index contributed by atoms with van der Waals surface area (Å²) in [6, 6.07) is 4.90. The molecule has 0 fully saturated rings. The molecule has 0 radical (unpaired) electrons. The van der Waals surface area contributed by atoms with Gasteiger partial charge in [-0.3, -0.25) is 19.8 Å². The van der Waals surface area contributed by atoms with Crippen LogP contribution in [0.25, 0.3) is 0 Å². The number of aromatic nitrogens is 3. The maximum absolute atomic E-state index is 13.0. The predicted octanol–water partition coefficient (Wildman–Crippen LogP) is 2.97. The van der Waals surface area contributed by atoms with Crippen molar-refractivity contribution < 1.29 is 14.4 Å². The van der Waals surface area contributed by atoms with Gasteiger partial charge < -0.3 is 40.3 Å². The molecule has 0 aliphatic rings. The number of alkyl halides is 2. The molecule has 0 atom stereocenters. The molecule has 0 unspecified atom stereocenters. The van der Waals surface area contributed by atoms with Crippen LogP contribution in [0.5, 0.6) is 0 Å². The first-order valence-corrected chi connectivity index (χ1v) is 13.2. The Morgan fingerprint density at radius 3 is 1.75 bits per heavy atom. The number of hydrogen-bond donors (Lipinski definition) is 5. The summed E-state index contributed by atoms with van der Waals surface area (Å²) in [6.45, 7) is 1.44. The molecule has 0 aromatic carbocycles. The quantitative estimate of drug-likeness (QED) is 0.114. The lowest BCUT2D eigenvalue weighted by atomic mass is 10.3. The number of anilines is 3. The highest BCUT2D eigenvalue weighted by molar-refractivity contribution is 6.18. The fraction of sp³-hybridized carbons (Fsp3) is 0.360. The van der Waals surface area contributed by atoms with Crippen molar-refractivity contribution >= 4 is 76.2 Å². The molecule has 0 saturated carbocycles. The van der Waals surface area contributed by atoms with Crippen LogP contribution in [0.3, 0.4) is 0 Å². The lowest BCUT2D eigenvalue weighted by molar-refractivity contribution is 0.0945. The molecule has 15 heteroatoms. The molecule has 40 heavy (non-hydrogen) atoms. The Labute approximate surface area is 248 Å². The third-order valence-corrected chi connectivity index (χ3v) is 6.31. The number of nitrogens with one attached hydrogen (secondary N) is 4. The molecule has 3 rings (SSSR count). The van der Waals surface area contributed by atoms with Crippen molar-refractivity contribution in [3.63, 3.8) is 0 Å². The van der Waals surface area contributed by atoms with Crippen molar-refractivity contribution in [2.45, 2.75) is 6.42 Å². The van der Waals surface area contributed by atoms with E-state index in [-0.39, 0.29) is 43.0 Å². The van der Waals surface area contributed by atoms with Gasteiger partial charge in [0.05, 0.1) is 22.9 Å². The summed E-state index contributed by atoms with van der Waals surface area (Å²) < 4.78 is 4.91. The lowest BCUT2D eigenvalue weighted by Crippen LogP contribution is -2.28. The highest BCUT2D eigenvalue weighted by Gasteiger charge is 2.19. The average Bonchev–Trinajstić information content (AvgIpc) is 3.54. The van der Waals surface area contributed by atoms with Gasteiger partial charge in [-0.2, -0.15) is 0 Å². The summed E-state index contributed by atoms with van der Waals surface area (Å²) in [4.78, 5) is 40.4. The first kappa shape index (κ1) is 32.6. The van der Waals surface area contributed by atoms with Gasteiger partial charge in [0.2, 0.25) is 0 Å². The Morgan fingerprint density at radius 2 is 1.27 bits per heavy atom. The molecule has 3 amide bonds. The van der Waals surface area contributed by atoms with E-state index in [2.05, 4.69) is 16.0 Å². The Morgan fingerprint density at radius 1 is 0.825 bits per heavy atom. The van der Waals surface area contributed by atoms with Gasteiger partial charge in [0.25, 0.3) is 17.7 Å². The van der Waals surface area contributed by atoms with Crippen molar-refractivity contribution in [1.82, 2.24) is 19.0 Å². The summed E-state index contributed by atoms with van der Waals surface area (Å²) >= 11 is 11.8. The molecule has 12 nitrogen and oxygen atoms in total. The predicted molar refractivity (Wildman–Crippen MR) is 162 cm³/mol. The van der Waals surface area contributed by atoms with Gasteiger partial charge in [0, 0.05) is 77.5 Å². The first-order chi connectivity index (χ1) is 18.5. The molecule has 0 bridgehead atoms. The van der Waals surface area contributed by atoms with Gasteiger partial charge in [-0.15, -0.1) is 35.6 Å². The van der Waals surface area contributed by atoms with Crippen LogP contribution in [0, 0.1) is 5.41 Å². The molecule has 3 aromatic rings. The number of carbonyl (C=O) groups is 3.